The van der Waals surface area contributed by atoms with Crippen LogP contribution in [0.4, 0.5) is 0 Å². The van der Waals surface area contributed by atoms with Gasteiger partial charge in [0.2, 0.25) is 6.41 Å². The van der Waals surface area contributed by atoms with Crippen LogP contribution < -0.4 is 5.73 Å². The predicted molar refractivity (Wildman–Crippen MR) is 67.1 cm³/mol. The highest BCUT2D eigenvalue weighted by Crippen LogP contribution is 2.26. The van der Waals surface area contributed by atoms with Crippen molar-refractivity contribution in [2.45, 2.75) is 47.1 Å². The monoisotopic (exact) mass is 225 g/mol. The second kappa shape index (κ2) is 5.68. The van der Waals surface area contributed by atoms with Gasteiger partial charge in [-0.15, -0.1) is 0 Å². The molecule has 0 unspecified atom stereocenters. The van der Waals surface area contributed by atoms with Crippen molar-refractivity contribution in [2.75, 3.05) is 0 Å². The SMILES string of the molecule is CC[C@H](C)N(C=O)C(=N)C(=CN)C(C)(C)C. The molecule has 0 aliphatic rings. The summed E-state index contributed by atoms with van der Waals surface area (Å²) in [5, 5.41) is 8.04. The highest BCUT2D eigenvalue weighted by molar-refractivity contribution is 6.02. The molecule has 1 amide bonds. The van der Waals surface area contributed by atoms with Gasteiger partial charge in [-0.05, 0) is 18.8 Å². The Balaban J connectivity index is 5.09. The van der Waals surface area contributed by atoms with Crippen LogP contribution in [0.15, 0.2) is 11.8 Å². The molecule has 0 spiro atoms. The molecule has 92 valence electrons. The predicted octanol–water partition coefficient (Wildman–Crippen LogP) is 2.11. The molecular weight excluding hydrogens is 202 g/mol. The lowest BCUT2D eigenvalue weighted by atomic mass is 9.85. The molecule has 0 saturated carbocycles. The van der Waals surface area contributed by atoms with Crippen molar-refractivity contribution < 1.29 is 4.79 Å². The number of hydrogen-bond acceptors (Lipinski definition) is 3. The van der Waals surface area contributed by atoms with E-state index in [4.69, 9.17) is 11.1 Å². The van der Waals surface area contributed by atoms with Crippen LogP contribution in [0.25, 0.3) is 0 Å². The van der Waals surface area contributed by atoms with E-state index in [1.807, 2.05) is 34.6 Å². The molecule has 0 heterocycles. The first-order valence-corrected chi connectivity index (χ1v) is 5.54. The van der Waals surface area contributed by atoms with E-state index < -0.39 is 0 Å². The van der Waals surface area contributed by atoms with Gasteiger partial charge >= 0.3 is 0 Å². The number of nitrogens with one attached hydrogen (secondary N) is 1. The first-order chi connectivity index (χ1) is 7.29. The van der Waals surface area contributed by atoms with Crippen LogP contribution in [-0.4, -0.2) is 23.2 Å². The molecular formula is C12H23N3O. The third-order valence-corrected chi connectivity index (χ3v) is 2.67. The molecule has 0 radical (unpaired) electrons. The minimum absolute atomic E-state index is 0.0160. The molecule has 0 aliphatic carbocycles. The van der Waals surface area contributed by atoms with Crippen LogP contribution in [0.2, 0.25) is 0 Å². The van der Waals surface area contributed by atoms with E-state index in [2.05, 4.69) is 0 Å². The lowest BCUT2D eigenvalue weighted by Gasteiger charge is -2.31. The summed E-state index contributed by atoms with van der Waals surface area (Å²) in [7, 11) is 0. The van der Waals surface area contributed by atoms with E-state index in [1.54, 1.807) is 0 Å². The Kier molecular flexibility index (Phi) is 5.21. The molecule has 4 nitrogen and oxygen atoms in total. The molecule has 0 fully saturated rings. The van der Waals surface area contributed by atoms with E-state index >= 15 is 0 Å². The summed E-state index contributed by atoms with van der Waals surface area (Å²) in [6, 6.07) is 0.0160. The zero-order valence-electron chi connectivity index (χ0n) is 10.9. The van der Waals surface area contributed by atoms with Gasteiger partial charge in [0.05, 0.1) is 0 Å². The fourth-order valence-electron chi connectivity index (χ4n) is 1.40. The fourth-order valence-corrected chi connectivity index (χ4v) is 1.40. The van der Waals surface area contributed by atoms with E-state index in [1.165, 1.54) is 11.1 Å². The van der Waals surface area contributed by atoms with Gasteiger partial charge in [0.15, 0.2) is 0 Å². The van der Waals surface area contributed by atoms with Gasteiger partial charge in [-0.2, -0.15) is 0 Å². The molecule has 0 rings (SSSR count). The number of amidine groups is 1. The number of rotatable bonds is 4. The molecule has 3 N–H and O–H groups in total. The number of carbonyl (C=O) groups excluding carboxylic acids is 1. The van der Waals surface area contributed by atoms with Crippen LogP contribution in [-0.2, 0) is 4.79 Å². The van der Waals surface area contributed by atoms with Crippen LogP contribution in [0.1, 0.15) is 41.0 Å². The van der Waals surface area contributed by atoms with Crippen molar-refractivity contribution in [3.8, 4) is 0 Å². The number of amides is 1. The second-order valence-electron chi connectivity index (χ2n) is 4.95. The van der Waals surface area contributed by atoms with E-state index in [0.29, 0.717) is 12.0 Å². The summed E-state index contributed by atoms with van der Waals surface area (Å²) >= 11 is 0. The number of hydrogen-bond donors (Lipinski definition) is 2. The normalized spacial score (nSPS) is 14.4. The molecule has 16 heavy (non-hydrogen) atoms. The summed E-state index contributed by atoms with van der Waals surface area (Å²) in [4.78, 5) is 12.4. The Labute approximate surface area is 98.0 Å². The molecule has 0 aromatic carbocycles. The van der Waals surface area contributed by atoms with Gasteiger partial charge in [-0.25, -0.2) is 0 Å². The lowest BCUT2D eigenvalue weighted by Crippen LogP contribution is -2.40. The van der Waals surface area contributed by atoms with Gasteiger partial charge in [-0.3, -0.25) is 15.1 Å². The Hall–Kier alpha value is -1.32. The Bertz CT molecular complexity index is 289. The summed E-state index contributed by atoms with van der Waals surface area (Å²) in [5.74, 6) is 0.194. The van der Waals surface area contributed by atoms with Crippen molar-refractivity contribution in [2.24, 2.45) is 11.1 Å². The quantitative estimate of drug-likeness (QED) is 0.437. The minimum atomic E-state index is -0.236. The van der Waals surface area contributed by atoms with Crippen molar-refractivity contribution in [1.29, 1.82) is 5.41 Å². The standard InChI is InChI=1S/C12H23N3O/c1-6-9(2)15(8-16)11(14)10(7-13)12(3,4)5/h7-9,14H,6,13H2,1-5H3/t9-/m0/s1. The Morgan fingerprint density at radius 2 is 2.00 bits per heavy atom. The van der Waals surface area contributed by atoms with Gasteiger partial charge in [-0.1, -0.05) is 27.7 Å². The van der Waals surface area contributed by atoms with Gasteiger partial charge in [0, 0.05) is 17.8 Å². The molecule has 0 aliphatic heterocycles. The molecule has 0 aromatic rings. The molecule has 1 atom stereocenters. The van der Waals surface area contributed by atoms with Crippen LogP contribution in [0.5, 0.6) is 0 Å². The topological polar surface area (TPSA) is 70.2 Å². The maximum Gasteiger partial charge on any atom is 0.215 e. The van der Waals surface area contributed by atoms with Crippen LogP contribution in [0, 0.1) is 10.8 Å². The fraction of sp³-hybridized carbons (Fsp3) is 0.667. The van der Waals surface area contributed by atoms with E-state index in [9.17, 15) is 4.79 Å². The van der Waals surface area contributed by atoms with Gasteiger partial charge < -0.3 is 5.73 Å². The lowest BCUT2D eigenvalue weighted by molar-refractivity contribution is -0.116. The number of carbonyl (C=O) groups is 1. The Morgan fingerprint density at radius 1 is 1.50 bits per heavy atom. The maximum atomic E-state index is 11.0. The van der Waals surface area contributed by atoms with E-state index in [-0.39, 0.29) is 17.3 Å². The van der Waals surface area contributed by atoms with Crippen molar-refractivity contribution in [3.63, 3.8) is 0 Å². The third kappa shape index (κ3) is 3.36. The highest BCUT2D eigenvalue weighted by atomic mass is 16.1. The summed E-state index contributed by atoms with van der Waals surface area (Å²) in [5.41, 5.74) is 5.99. The first-order valence-electron chi connectivity index (χ1n) is 5.54. The Morgan fingerprint density at radius 3 is 2.25 bits per heavy atom. The van der Waals surface area contributed by atoms with Crippen LogP contribution >= 0.6 is 0 Å². The van der Waals surface area contributed by atoms with Crippen molar-refractivity contribution >= 4 is 12.2 Å². The highest BCUT2D eigenvalue weighted by Gasteiger charge is 2.26. The summed E-state index contributed by atoms with van der Waals surface area (Å²) < 4.78 is 0. The maximum absolute atomic E-state index is 11.0. The molecule has 0 bridgehead atoms. The van der Waals surface area contributed by atoms with Crippen molar-refractivity contribution in [1.82, 2.24) is 4.90 Å². The average molecular weight is 225 g/mol. The average Bonchev–Trinajstić information content (AvgIpc) is 2.17. The summed E-state index contributed by atoms with van der Waals surface area (Å²) in [6.45, 7) is 9.82. The van der Waals surface area contributed by atoms with E-state index in [0.717, 1.165) is 6.42 Å². The van der Waals surface area contributed by atoms with Crippen LogP contribution in [0.3, 0.4) is 0 Å². The zero-order chi connectivity index (χ0) is 12.9. The minimum Gasteiger partial charge on any atom is -0.404 e. The third-order valence-electron chi connectivity index (χ3n) is 2.67. The molecule has 4 heteroatoms. The van der Waals surface area contributed by atoms with Crippen molar-refractivity contribution in [3.05, 3.63) is 11.8 Å². The zero-order valence-corrected chi connectivity index (χ0v) is 10.9. The first kappa shape index (κ1) is 14.7. The number of nitrogens with zero attached hydrogens (tertiary/aromatic N) is 1. The molecule has 0 aromatic heterocycles. The summed E-state index contributed by atoms with van der Waals surface area (Å²) in [6.07, 6.45) is 2.93. The molecule has 0 saturated heterocycles. The smallest absolute Gasteiger partial charge is 0.215 e. The second-order valence-corrected chi connectivity index (χ2v) is 4.95. The largest absolute Gasteiger partial charge is 0.404 e. The number of nitrogens with two attached hydrogens (primary N) is 1. The van der Waals surface area contributed by atoms with Gasteiger partial charge in [0.1, 0.15) is 5.84 Å². The van der Waals surface area contributed by atoms with Gasteiger partial charge in [0.25, 0.3) is 0 Å².